The van der Waals surface area contributed by atoms with E-state index < -0.39 is 0 Å². The van der Waals surface area contributed by atoms with Crippen molar-refractivity contribution in [3.8, 4) is 0 Å². The molecule has 4 aliphatic rings. The second-order valence-corrected chi connectivity index (χ2v) is 12.8. The van der Waals surface area contributed by atoms with Gasteiger partial charge >= 0.3 is 5.97 Å². The molecule has 0 radical (unpaired) electrons. The van der Waals surface area contributed by atoms with Crippen molar-refractivity contribution in [3.63, 3.8) is 0 Å². The Morgan fingerprint density at radius 2 is 1.84 bits per heavy atom. The predicted octanol–water partition coefficient (Wildman–Crippen LogP) is 7.96. The number of hydrogen-bond donors (Lipinski definition) is 0. The Balaban J connectivity index is 1.47. The number of fused-ring (bicyclic) bond motifs is 5. The third-order valence-corrected chi connectivity index (χ3v) is 10.6. The van der Waals surface area contributed by atoms with E-state index in [0.29, 0.717) is 10.8 Å². The standard InChI is InChI=1S/C29H48O2/c1-19(2)8-7-9-20(3)25-12-13-26-24-11-10-22-18-23(31-21(4)30)14-16-28(22,5)27(24)15-17-29(25,26)6/h10,19-20,23-27H,7-9,11-18H2,1-6H3/t20-,23+,24+,25-,26+,27?,28+,29-/m1/s1. The maximum absolute atomic E-state index is 11.5. The van der Waals surface area contributed by atoms with Gasteiger partial charge < -0.3 is 4.74 Å². The average Bonchev–Trinajstić information content (AvgIpc) is 3.05. The summed E-state index contributed by atoms with van der Waals surface area (Å²) in [5, 5.41) is 0. The van der Waals surface area contributed by atoms with Gasteiger partial charge in [0.1, 0.15) is 6.10 Å². The van der Waals surface area contributed by atoms with E-state index in [1.165, 1.54) is 57.8 Å². The lowest BCUT2D eigenvalue weighted by Gasteiger charge is -2.58. The molecule has 2 nitrogen and oxygen atoms in total. The van der Waals surface area contributed by atoms with E-state index in [4.69, 9.17) is 4.74 Å². The van der Waals surface area contributed by atoms with Gasteiger partial charge in [-0.2, -0.15) is 0 Å². The van der Waals surface area contributed by atoms with Crippen LogP contribution in [0.2, 0.25) is 0 Å². The Morgan fingerprint density at radius 1 is 1.06 bits per heavy atom. The number of allylic oxidation sites excluding steroid dienone is 1. The fraction of sp³-hybridized carbons (Fsp3) is 0.897. The van der Waals surface area contributed by atoms with E-state index in [-0.39, 0.29) is 12.1 Å². The number of carbonyl (C=O) groups excluding carboxylic acids is 1. The zero-order valence-corrected chi connectivity index (χ0v) is 21.2. The van der Waals surface area contributed by atoms with Gasteiger partial charge in [-0.15, -0.1) is 0 Å². The van der Waals surface area contributed by atoms with E-state index in [1.54, 1.807) is 12.5 Å². The van der Waals surface area contributed by atoms with E-state index in [2.05, 4.69) is 40.7 Å². The summed E-state index contributed by atoms with van der Waals surface area (Å²) >= 11 is 0. The Kier molecular flexibility index (Phi) is 6.68. The maximum atomic E-state index is 11.5. The minimum absolute atomic E-state index is 0.115. The third kappa shape index (κ3) is 4.26. The molecule has 0 aliphatic heterocycles. The van der Waals surface area contributed by atoms with Gasteiger partial charge in [0, 0.05) is 13.3 Å². The fourth-order valence-corrected chi connectivity index (χ4v) is 8.99. The monoisotopic (exact) mass is 428 g/mol. The first-order valence-corrected chi connectivity index (χ1v) is 13.5. The zero-order valence-electron chi connectivity index (χ0n) is 21.2. The molecule has 0 aromatic carbocycles. The van der Waals surface area contributed by atoms with Crippen molar-refractivity contribution in [1.82, 2.24) is 0 Å². The molecule has 0 saturated heterocycles. The Labute approximate surface area is 192 Å². The van der Waals surface area contributed by atoms with Gasteiger partial charge in [0.2, 0.25) is 0 Å². The summed E-state index contributed by atoms with van der Waals surface area (Å²) < 4.78 is 5.61. The van der Waals surface area contributed by atoms with Crippen LogP contribution in [0.15, 0.2) is 11.6 Å². The van der Waals surface area contributed by atoms with Crippen LogP contribution in [0.3, 0.4) is 0 Å². The summed E-state index contributed by atoms with van der Waals surface area (Å²) in [7, 11) is 0. The minimum atomic E-state index is -0.115. The first kappa shape index (κ1) is 23.4. The van der Waals surface area contributed by atoms with Crippen molar-refractivity contribution in [1.29, 1.82) is 0 Å². The topological polar surface area (TPSA) is 26.3 Å². The maximum Gasteiger partial charge on any atom is 0.302 e. The summed E-state index contributed by atoms with van der Waals surface area (Å²) in [5.41, 5.74) is 2.53. The first-order chi connectivity index (χ1) is 14.6. The van der Waals surface area contributed by atoms with Crippen molar-refractivity contribution < 1.29 is 9.53 Å². The van der Waals surface area contributed by atoms with Crippen LogP contribution in [0.25, 0.3) is 0 Å². The molecule has 176 valence electrons. The first-order valence-electron chi connectivity index (χ1n) is 13.5. The smallest absolute Gasteiger partial charge is 0.302 e. The molecule has 31 heavy (non-hydrogen) atoms. The highest BCUT2D eigenvalue weighted by atomic mass is 16.5. The number of ether oxygens (including phenoxy) is 1. The molecule has 2 heteroatoms. The molecule has 4 rings (SSSR count). The van der Waals surface area contributed by atoms with Gasteiger partial charge in [-0.05, 0) is 91.3 Å². The molecule has 3 fully saturated rings. The van der Waals surface area contributed by atoms with Crippen molar-refractivity contribution in [2.75, 3.05) is 0 Å². The van der Waals surface area contributed by atoms with E-state index in [9.17, 15) is 4.79 Å². The normalized spacial score (nSPS) is 42.9. The largest absolute Gasteiger partial charge is 0.462 e. The number of rotatable bonds is 6. The van der Waals surface area contributed by atoms with Crippen molar-refractivity contribution >= 4 is 5.97 Å². The van der Waals surface area contributed by atoms with E-state index in [0.717, 1.165) is 48.3 Å². The van der Waals surface area contributed by atoms with Crippen LogP contribution in [-0.2, 0) is 9.53 Å². The highest BCUT2D eigenvalue weighted by molar-refractivity contribution is 5.66. The molecule has 0 spiro atoms. The van der Waals surface area contributed by atoms with Crippen LogP contribution in [-0.4, -0.2) is 12.1 Å². The summed E-state index contributed by atoms with van der Waals surface area (Å²) in [4.78, 5) is 11.5. The van der Waals surface area contributed by atoms with Gasteiger partial charge in [-0.3, -0.25) is 4.79 Å². The Bertz CT molecular complexity index is 693. The lowest BCUT2D eigenvalue weighted by Crippen LogP contribution is -2.51. The van der Waals surface area contributed by atoms with Crippen LogP contribution in [0.5, 0.6) is 0 Å². The van der Waals surface area contributed by atoms with Crippen molar-refractivity contribution in [2.45, 2.75) is 118 Å². The minimum Gasteiger partial charge on any atom is -0.462 e. The van der Waals surface area contributed by atoms with Crippen LogP contribution in [0, 0.1) is 46.3 Å². The van der Waals surface area contributed by atoms with Gasteiger partial charge in [0.25, 0.3) is 0 Å². The summed E-state index contributed by atoms with van der Waals surface area (Å²) in [6.07, 6.45) is 17.2. The summed E-state index contributed by atoms with van der Waals surface area (Å²) in [6, 6.07) is 0. The molecule has 8 atom stereocenters. The fourth-order valence-electron chi connectivity index (χ4n) is 8.99. The molecular formula is C29H48O2. The quantitative estimate of drug-likeness (QED) is 0.317. The highest BCUT2D eigenvalue weighted by Gasteiger charge is 2.59. The Hall–Kier alpha value is -0.790. The lowest BCUT2D eigenvalue weighted by atomic mass is 9.47. The SMILES string of the molecule is CC(=O)O[C@H]1CC[C@@]2(C)C(=CC[C@@H]3C2CC[C@]2(C)[C@@H]([C@H](C)CCCC(C)C)CC[C@@H]32)C1. The highest BCUT2D eigenvalue weighted by Crippen LogP contribution is 2.67. The van der Waals surface area contributed by atoms with E-state index >= 15 is 0 Å². The lowest BCUT2D eigenvalue weighted by molar-refractivity contribution is -0.148. The molecule has 0 bridgehead atoms. The summed E-state index contributed by atoms with van der Waals surface area (Å²) in [5.74, 6) is 5.19. The van der Waals surface area contributed by atoms with Gasteiger partial charge in [0.15, 0.2) is 0 Å². The van der Waals surface area contributed by atoms with Crippen LogP contribution >= 0.6 is 0 Å². The molecule has 0 N–H and O–H groups in total. The zero-order chi connectivity index (χ0) is 22.4. The van der Waals surface area contributed by atoms with Crippen LogP contribution in [0.4, 0.5) is 0 Å². The summed E-state index contributed by atoms with van der Waals surface area (Å²) in [6.45, 7) is 14.1. The third-order valence-electron chi connectivity index (χ3n) is 10.6. The molecule has 3 saturated carbocycles. The molecule has 0 amide bonds. The molecule has 1 unspecified atom stereocenters. The number of hydrogen-bond acceptors (Lipinski definition) is 2. The van der Waals surface area contributed by atoms with Crippen LogP contribution < -0.4 is 0 Å². The predicted molar refractivity (Wildman–Crippen MR) is 129 cm³/mol. The molecule has 4 aliphatic carbocycles. The molecule has 0 heterocycles. The molecule has 0 aromatic heterocycles. The van der Waals surface area contributed by atoms with Gasteiger partial charge in [-0.1, -0.05) is 65.5 Å². The van der Waals surface area contributed by atoms with Gasteiger partial charge in [-0.25, -0.2) is 0 Å². The second kappa shape index (κ2) is 8.86. The number of esters is 1. The van der Waals surface area contributed by atoms with Crippen LogP contribution in [0.1, 0.15) is 112 Å². The Morgan fingerprint density at radius 3 is 2.55 bits per heavy atom. The second-order valence-electron chi connectivity index (χ2n) is 12.8. The molecular weight excluding hydrogens is 380 g/mol. The average molecular weight is 429 g/mol. The van der Waals surface area contributed by atoms with E-state index in [1.807, 2.05) is 0 Å². The van der Waals surface area contributed by atoms with Crippen molar-refractivity contribution in [2.24, 2.45) is 46.3 Å². The number of carbonyl (C=O) groups is 1. The van der Waals surface area contributed by atoms with Crippen molar-refractivity contribution in [3.05, 3.63) is 11.6 Å². The van der Waals surface area contributed by atoms with Gasteiger partial charge in [0.05, 0.1) is 0 Å². The molecule has 0 aromatic rings.